The summed E-state index contributed by atoms with van der Waals surface area (Å²) in [7, 11) is 1.56. The van der Waals surface area contributed by atoms with Crippen molar-refractivity contribution in [2.75, 3.05) is 20.3 Å². The largest absolute Gasteiger partial charge is 0.497 e. The van der Waals surface area contributed by atoms with Crippen molar-refractivity contribution >= 4 is 28.8 Å². The first-order valence-electron chi connectivity index (χ1n) is 10.5. The topological polar surface area (TPSA) is 89.0 Å². The number of benzene rings is 3. The number of hydrogen-bond donors (Lipinski definition) is 2. The molecule has 0 saturated heterocycles. The molecule has 0 heterocycles. The molecule has 0 fully saturated rings. The lowest BCUT2D eigenvalue weighted by Crippen LogP contribution is -2.29. The van der Waals surface area contributed by atoms with Crippen molar-refractivity contribution < 1.29 is 19.1 Å². The Morgan fingerprint density at radius 1 is 1.03 bits per heavy atom. The standard InChI is InChI=1S/C25H27N3O4/c1-3-16-32-23-13-10-18-6-4-5-7-21(18)22(23)17-27-28-24(29)14-15-26-25(30)19-8-11-20(31-2)12-9-19/h4-13,17H,3,14-16H2,1-2H3,(H,26,30)(H,28,29). The fraction of sp³-hybridized carbons (Fsp3) is 0.240. The number of fused-ring (bicyclic) bond motifs is 1. The Morgan fingerprint density at radius 2 is 1.81 bits per heavy atom. The van der Waals surface area contributed by atoms with E-state index in [1.54, 1.807) is 37.6 Å². The molecule has 7 nitrogen and oxygen atoms in total. The van der Waals surface area contributed by atoms with Gasteiger partial charge < -0.3 is 14.8 Å². The van der Waals surface area contributed by atoms with Crippen LogP contribution >= 0.6 is 0 Å². The maximum atomic E-state index is 12.1. The highest BCUT2D eigenvalue weighted by molar-refractivity contribution is 6.02. The van der Waals surface area contributed by atoms with Crippen LogP contribution < -0.4 is 20.2 Å². The van der Waals surface area contributed by atoms with E-state index in [2.05, 4.69) is 15.8 Å². The minimum Gasteiger partial charge on any atom is -0.497 e. The van der Waals surface area contributed by atoms with E-state index >= 15 is 0 Å². The first-order valence-corrected chi connectivity index (χ1v) is 10.5. The molecule has 3 aromatic carbocycles. The van der Waals surface area contributed by atoms with Crippen molar-refractivity contribution in [3.63, 3.8) is 0 Å². The molecule has 166 valence electrons. The number of hydrazone groups is 1. The number of carbonyl (C=O) groups excluding carboxylic acids is 2. The number of ether oxygens (including phenoxy) is 2. The molecule has 0 aromatic heterocycles. The Kier molecular flexibility index (Phi) is 8.20. The number of rotatable bonds is 10. The Balaban J connectivity index is 1.55. The molecule has 2 N–H and O–H groups in total. The summed E-state index contributed by atoms with van der Waals surface area (Å²) in [5.74, 6) is 0.841. The molecule has 0 aliphatic heterocycles. The van der Waals surface area contributed by atoms with E-state index in [0.29, 0.717) is 17.9 Å². The van der Waals surface area contributed by atoms with Gasteiger partial charge >= 0.3 is 0 Å². The van der Waals surface area contributed by atoms with E-state index in [1.165, 1.54) is 0 Å². The third kappa shape index (κ3) is 6.07. The SMILES string of the molecule is CCCOc1ccc2ccccc2c1C=NNC(=O)CCNC(=O)c1ccc(OC)cc1. The molecule has 0 spiro atoms. The van der Waals surface area contributed by atoms with Crippen LogP contribution in [-0.2, 0) is 4.79 Å². The van der Waals surface area contributed by atoms with Gasteiger partial charge in [-0.1, -0.05) is 37.3 Å². The predicted octanol–water partition coefficient (Wildman–Crippen LogP) is 3.91. The van der Waals surface area contributed by atoms with Gasteiger partial charge in [0.1, 0.15) is 11.5 Å². The molecule has 0 saturated carbocycles. The second-order valence-electron chi connectivity index (χ2n) is 7.07. The lowest BCUT2D eigenvalue weighted by Gasteiger charge is -2.11. The van der Waals surface area contributed by atoms with E-state index < -0.39 is 0 Å². The number of amides is 2. The number of nitrogens with one attached hydrogen (secondary N) is 2. The zero-order chi connectivity index (χ0) is 22.8. The minimum atomic E-state index is -0.299. The van der Waals surface area contributed by atoms with Gasteiger partial charge in [0.05, 0.1) is 19.9 Å². The highest BCUT2D eigenvalue weighted by Gasteiger charge is 2.09. The summed E-state index contributed by atoms with van der Waals surface area (Å²) in [6.07, 6.45) is 2.59. The first kappa shape index (κ1) is 22.8. The smallest absolute Gasteiger partial charge is 0.251 e. The van der Waals surface area contributed by atoms with Gasteiger partial charge in [0.15, 0.2) is 0 Å². The number of hydrogen-bond acceptors (Lipinski definition) is 5. The summed E-state index contributed by atoms with van der Waals surface area (Å²) in [5, 5.41) is 8.88. The van der Waals surface area contributed by atoms with Crippen LogP contribution in [0.4, 0.5) is 0 Å². The van der Waals surface area contributed by atoms with Gasteiger partial charge in [0, 0.05) is 24.1 Å². The van der Waals surface area contributed by atoms with E-state index in [1.807, 2.05) is 43.3 Å². The van der Waals surface area contributed by atoms with Gasteiger partial charge in [-0.05, 0) is 47.5 Å². The maximum Gasteiger partial charge on any atom is 0.251 e. The molecule has 0 atom stereocenters. The summed E-state index contributed by atoms with van der Waals surface area (Å²) in [6.45, 7) is 2.84. The normalized spacial score (nSPS) is 10.8. The van der Waals surface area contributed by atoms with E-state index in [9.17, 15) is 9.59 Å². The zero-order valence-corrected chi connectivity index (χ0v) is 18.3. The third-order valence-corrected chi connectivity index (χ3v) is 4.77. The van der Waals surface area contributed by atoms with Crippen molar-refractivity contribution in [1.29, 1.82) is 0 Å². The molecule has 0 aliphatic rings. The lowest BCUT2D eigenvalue weighted by atomic mass is 10.0. The summed E-state index contributed by atoms with van der Waals surface area (Å²) in [6, 6.07) is 18.6. The van der Waals surface area contributed by atoms with Gasteiger partial charge in [-0.15, -0.1) is 0 Å². The summed E-state index contributed by atoms with van der Waals surface area (Å²) < 4.78 is 10.9. The van der Waals surface area contributed by atoms with Crippen molar-refractivity contribution in [3.8, 4) is 11.5 Å². The molecule has 7 heteroatoms. The van der Waals surface area contributed by atoms with Crippen LogP contribution in [0.1, 0.15) is 35.7 Å². The third-order valence-electron chi connectivity index (χ3n) is 4.77. The van der Waals surface area contributed by atoms with Gasteiger partial charge in [0.2, 0.25) is 5.91 Å². The molecule has 0 bridgehead atoms. The summed E-state index contributed by atoms with van der Waals surface area (Å²) in [5.41, 5.74) is 3.82. The highest BCUT2D eigenvalue weighted by Crippen LogP contribution is 2.26. The highest BCUT2D eigenvalue weighted by atomic mass is 16.5. The quantitative estimate of drug-likeness (QED) is 0.375. The predicted molar refractivity (Wildman–Crippen MR) is 125 cm³/mol. The van der Waals surface area contributed by atoms with Crippen molar-refractivity contribution in [2.24, 2.45) is 5.10 Å². The fourth-order valence-electron chi connectivity index (χ4n) is 3.11. The molecule has 32 heavy (non-hydrogen) atoms. The molecule has 2 amide bonds. The minimum absolute atomic E-state index is 0.105. The van der Waals surface area contributed by atoms with Gasteiger partial charge in [-0.25, -0.2) is 5.43 Å². The van der Waals surface area contributed by atoms with Crippen molar-refractivity contribution in [3.05, 3.63) is 71.8 Å². The van der Waals surface area contributed by atoms with Crippen LogP contribution in [-0.4, -0.2) is 38.3 Å². The van der Waals surface area contributed by atoms with Crippen LogP contribution in [0.25, 0.3) is 10.8 Å². The first-order chi connectivity index (χ1) is 15.6. The molecule has 0 radical (unpaired) electrons. The summed E-state index contributed by atoms with van der Waals surface area (Å²) in [4.78, 5) is 24.3. The Hall–Kier alpha value is -3.87. The van der Waals surface area contributed by atoms with Crippen LogP contribution in [0, 0.1) is 0 Å². The Labute approximate surface area is 187 Å². The molecular weight excluding hydrogens is 406 g/mol. The van der Waals surface area contributed by atoms with Gasteiger partial charge in [-0.2, -0.15) is 5.10 Å². The number of carbonyl (C=O) groups is 2. The van der Waals surface area contributed by atoms with Crippen LogP contribution in [0.5, 0.6) is 11.5 Å². The summed E-state index contributed by atoms with van der Waals surface area (Å²) >= 11 is 0. The Bertz CT molecular complexity index is 1090. The van der Waals surface area contributed by atoms with Gasteiger partial charge in [-0.3, -0.25) is 9.59 Å². The van der Waals surface area contributed by atoms with Crippen molar-refractivity contribution in [1.82, 2.24) is 10.7 Å². The molecule has 0 unspecified atom stereocenters. The van der Waals surface area contributed by atoms with E-state index in [0.717, 1.165) is 28.5 Å². The van der Waals surface area contributed by atoms with E-state index in [4.69, 9.17) is 9.47 Å². The van der Waals surface area contributed by atoms with Crippen LogP contribution in [0.15, 0.2) is 65.8 Å². The number of methoxy groups -OCH3 is 1. The van der Waals surface area contributed by atoms with Gasteiger partial charge in [0.25, 0.3) is 5.91 Å². The monoisotopic (exact) mass is 433 g/mol. The lowest BCUT2D eigenvalue weighted by molar-refractivity contribution is -0.120. The molecule has 3 rings (SSSR count). The average Bonchev–Trinajstić information content (AvgIpc) is 2.83. The molecular formula is C25H27N3O4. The van der Waals surface area contributed by atoms with Crippen molar-refractivity contribution in [2.45, 2.75) is 19.8 Å². The molecule has 0 aliphatic carbocycles. The van der Waals surface area contributed by atoms with E-state index in [-0.39, 0.29) is 24.8 Å². The Morgan fingerprint density at radius 3 is 2.56 bits per heavy atom. The second-order valence-corrected chi connectivity index (χ2v) is 7.07. The number of nitrogens with zero attached hydrogens (tertiary/aromatic N) is 1. The van der Waals surface area contributed by atoms with Crippen LogP contribution in [0.2, 0.25) is 0 Å². The second kappa shape index (κ2) is 11.5. The maximum absolute atomic E-state index is 12.1. The van der Waals surface area contributed by atoms with Crippen LogP contribution in [0.3, 0.4) is 0 Å². The fourth-order valence-corrected chi connectivity index (χ4v) is 3.11. The zero-order valence-electron chi connectivity index (χ0n) is 18.3. The molecule has 3 aromatic rings. The average molecular weight is 434 g/mol.